The van der Waals surface area contributed by atoms with Crippen LogP contribution in [0.1, 0.15) is 39.0 Å². The monoisotopic (exact) mass is 240 g/mol. The number of carbonyl (C=O) groups excluding carboxylic acids is 1. The van der Waals surface area contributed by atoms with Crippen LogP contribution in [0.5, 0.6) is 0 Å². The van der Waals surface area contributed by atoms with Gasteiger partial charge in [0.15, 0.2) is 0 Å². The van der Waals surface area contributed by atoms with Gasteiger partial charge in [-0.25, -0.2) is 0 Å². The molecule has 1 unspecified atom stereocenters. The van der Waals surface area contributed by atoms with Gasteiger partial charge >= 0.3 is 0 Å². The minimum absolute atomic E-state index is 0.193. The number of rotatable bonds is 3. The topological polar surface area (TPSA) is 46.3 Å². The lowest BCUT2D eigenvalue weighted by Crippen LogP contribution is -2.47. The summed E-state index contributed by atoms with van der Waals surface area (Å²) in [6, 6.07) is 0. The maximum atomic E-state index is 12.3. The number of nitrogens with two attached hydrogens (primary N) is 1. The second-order valence-corrected chi connectivity index (χ2v) is 5.55. The number of piperidine rings is 1. The lowest BCUT2D eigenvalue weighted by Gasteiger charge is -2.34. The van der Waals surface area contributed by atoms with Gasteiger partial charge in [0, 0.05) is 13.1 Å². The molecule has 3 nitrogen and oxygen atoms in total. The summed E-state index contributed by atoms with van der Waals surface area (Å²) < 4.78 is 0. The van der Waals surface area contributed by atoms with E-state index >= 15 is 0 Å². The molecule has 0 aromatic heterocycles. The SMILES string of the molecule is CCC1CCCN(C(=O)C2(C(N)=S)CC2)C1. The van der Waals surface area contributed by atoms with E-state index in [9.17, 15) is 4.79 Å². The molecule has 2 rings (SSSR count). The Morgan fingerprint density at radius 2 is 2.25 bits per heavy atom. The van der Waals surface area contributed by atoms with Crippen molar-refractivity contribution in [2.45, 2.75) is 39.0 Å². The van der Waals surface area contributed by atoms with Gasteiger partial charge in [-0.05, 0) is 31.6 Å². The number of carbonyl (C=O) groups is 1. The van der Waals surface area contributed by atoms with E-state index in [0.717, 1.165) is 38.8 Å². The number of thiocarbonyl (C=S) groups is 1. The minimum Gasteiger partial charge on any atom is -0.392 e. The van der Waals surface area contributed by atoms with Crippen molar-refractivity contribution < 1.29 is 4.79 Å². The van der Waals surface area contributed by atoms with Gasteiger partial charge in [-0.2, -0.15) is 0 Å². The minimum atomic E-state index is -0.453. The van der Waals surface area contributed by atoms with Crippen molar-refractivity contribution in [3.05, 3.63) is 0 Å². The second kappa shape index (κ2) is 4.32. The molecule has 0 bridgehead atoms. The fourth-order valence-corrected chi connectivity index (χ4v) is 2.87. The van der Waals surface area contributed by atoms with Gasteiger partial charge in [-0.1, -0.05) is 25.6 Å². The van der Waals surface area contributed by atoms with Gasteiger partial charge in [-0.3, -0.25) is 4.79 Å². The number of amides is 1. The molecule has 2 aliphatic rings. The highest BCUT2D eigenvalue weighted by molar-refractivity contribution is 7.80. The van der Waals surface area contributed by atoms with Crippen LogP contribution in [0.4, 0.5) is 0 Å². The highest BCUT2D eigenvalue weighted by atomic mass is 32.1. The predicted molar refractivity (Wildman–Crippen MR) is 68.0 cm³/mol. The first kappa shape index (κ1) is 11.8. The summed E-state index contributed by atoms with van der Waals surface area (Å²) in [5.74, 6) is 0.859. The zero-order valence-corrected chi connectivity index (χ0v) is 10.7. The van der Waals surface area contributed by atoms with E-state index in [-0.39, 0.29) is 5.91 Å². The van der Waals surface area contributed by atoms with Crippen LogP contribution in [0, 0.1) is 11.3 Å². The lowest BCUT2D eigenvalue weighted by molar-refractivity contribution is -0.136. The number of nitrogens with zero attached hydrogens (tertiary/aromatic N) is 1. The van der Waals surface area contributed by atoms with E-state index in [1.165, 1.54) is 6.42 Å². The average molecular weight is 240 g/mol. The zero-order valence-electron chi connectivity index (χ0n) is 9.87. The molecule has 2 N–H and O–H groups in total. The summed E-state index contributed by atoms with van der Waals surface area (Å²) in [5, 5.41) is 0. The maximum absolute atomic E-state index is 12.3. The van der Waals surface area contributed by atoms with Gasteiger partial charge in [0.25, 0.3) is 0 Å². The Morgan fingerprint density at radius 1 is 1.56 bits per heavy atom. The van der Waals surface area contributed by atoms with Crippen molar-refractivity contribution in [3.8, 4) is 0 Å². The summed E-state index contributed by atoms with van der Waals surface area (Å²) in [6.07, 6.45) is 5.24. The van der Waals surface area contributed by atoms with Gasteiger partial charge in [0.1, 0.15) is 0 Å². The van der Waals surface area contributed by atoms with Crippen molar-refractivity contribution in [2.75, 3.05) is 13.1 Å². The molecule has 90 valence electrons. The van der Waals surface area contributed by atoms with E-state index in [0.29, 0.717) is 10.9 Å². The summed E-state index contributed by atoms with van der Waals surface area (Å²) in [4.78, 5) is 14.7. The van der Waals surface area contributed by atoms with Gasteiger partial charge in [-0.15, -0.1) is 0 Å². The Morgan fingerprint density at radius 3 is 2.75 bits per heavy atom. The molecule has 0 radical (unpaired) electrons. The molecule has 0 aromatic rings. The molecule has 1 saturated carbocycles. The van der Waals surface area contributed by atoms with Crippen LogP contribution in [0.25, 0.3) is 0 Å². The number of hydrogen-bond donors (Lipinski definition) is 1. The van der Waals surface area contributed by atoms with Crippen LogP contribution in [0.15, 0.2) is 0 Å². The molecule has 4 heteroatoms. The van der Waals surface area contributed by atoms with E-state index < -0.39 is 5.41 Å². The summed E-state index contributed by atoms with van der Waals surface area (Å²) in [6.45, 7) is 3.98. The van der Waals surface area contributed by atoms with Gasteiger partial charge < -0.3 is 10.6 Å². The second-order valence-electron chi connectivity index (χ2n) is 5.11. The first-order valence-electron chi connectivity index (χ1n) is 6.19. The maximum Gasteiger partial charge on any atom is 0.235 e. The third-order valence-electron chi connectivity index (χ3n) is 4.01. The molecule has 1 atom stereocenters. The van der Waals surface area contributed by atoms with Crippen LogP contribution in [-0.2, 0) is 4.79 Å². The van der Waals surface area contributed by atoms with Crippen molar-refractivity contribution in [1.82, 2.24) is 4.90 Å². The molecule has 1 heterocycles. The van der Waals surface area contributed by atoms with E-state index in [1.807, 2.05) is 4.90 Å². The molecule has 1 aliphatic heterocycles. The molecule has 1 aliphatic carbocycles. The lowest BCUT2D eigenvalue weighted by atomic mass is 9.94. The third-order valence-corrected chi connectivity index (χ3v) is 4.41. The molecule has 1 saturated heterocycles. The van der Waals surface area contributed by atoms with Crippen molar-refractivity contribution in [3.63, 3.8) is 0 Å². The molecule has 0 aromatic carbocycles. The summed E-state index contributed by atoms with van der Waals surface area (Å²) in [7, 11) is 0. The van der Waals surface area contributed by atoms with Gasteiger partial charge in [0.2, 0.25) is 5.91 Å². The number of likely N-dealkylation sites (tertiary alicyclic amines) is 1. The van der Waals surface area contributed by atoms with Crippen LogP contribution in [0.2, 0.25) is 0 Å². The van der Waals surface area contributed by atoms with Crippen LogP contribution in [0.3, 0.4) is 0 Å². The van der Waals surface area contributed by atoms with Gasteiger partial charge in [0.05, 0.1) is 10.4 Å². The quantitative estimate of drug-likeness (QED) is 0.764. The number of hydrogen-bond acceptors (Lipinski definition) is 2. The fourth-order valence-electron chi connectivity index (χ4n) is 2.58. The smallest absolute Gasteiger partial charge is 0.235 e. The molecule has 1 amide bonds. The molecule has 2 fully saturated rings. The molecular weight excluding hydrogens is 220 g/mol. The van der Waals surface area contributed by atoms with Crippen LogP contribution >= 0.6 is 12.2 Å². The van der Waals surface area contributed by atoms with Crippen molar-refractivity contribution in [2.24, 2.45) is 17.1 Å². The highest BCUT2D eigenvalue weighted by Crippen LogP contribution is 2.48. The fraction of sp³-hybridized carbons (Fsp3) is 0.833. The van der Waals surface area contributed by atoms with E-state index in [4.69, 9.17) is 18.0 Å². The largest absolute Gasteiger partial charge is 0.392 e. The normalized spacial score (nSPS) is 27.6. The van der Waals surface area contributed by atoms with Crippen molar-refractivity contribution in [1.29, 1.82) is 0 Å². The zero-order chi connectivity index (χ0) is 11.8. The third kappa shape index (κ3) is 1.95. The molecular formula is C12H20N2OS. The Kier molecular flexibility index (Phi) is 3.19. The van der Waals surface area contributed by atoms with E-state index in [2.05, 4.69) is 6.92 Å². The Bertz CT molecular complexity index is 312. The molecule has 16 heavy (non-hydrogen) atoms. The first-order chi connectivity index (χ1) is 7.60. The van der Waals surface area contributed by atoms with Crippen LogP contribution in [-0.4, -0.2) is 28.9 Å². The first-order valence-corrected chi connectivity index (χ1v) is 6.60. The molecule has 0 spiro atoms. The summed E-state index contributed by atoms with van der Waals surface area (Å²) in [5.41, 5.74) is 5.24. The van der Waals surface area contributed by atoms with Crippen molar-refractivity contribution >= 4 is 23.1 Å². The highest BCUT2D eigenvalue weighted by Gasteiger charge is 2.54. The van der Waals surface area contributed by atoms with E-state index in [1.54, 1.807) is 0 Å². The Hall–Kier alpha value is -0.640. The standard InChI is InChI=1S/C12H20N2OS/c1-2-9-4-3-7-14(8-9)11(15)12(5-6-12)10(13)16/h9H,2-8H2,1H3,(H2,13,16). The Labute approximate surface area is 102 Å². The predicted octanol–water partition coefficient (Wildman–Crippen LogP) is 1.70. The average Bonchev–Trinajstić information content (AvgIpc) is 3.09. The Balaban J connectivity index is 2.02. The summed E-state index contributed by atoms with van der Waals surface area (Å²) >= 11 is 5.03. The van der Waals surface area contributed by atoms with Crippen LogP contribution < -0.4 is 5.73 Å².